The summed E-state index contributed by atoms with van der Waals surface area (Å²) in [5.74, 6) is -0.476. The molecule has 0 saturated carbocycles. The lowest BCUT2D eigenvalue weighted by atomic mass is 10.0. The second-order valence-electron chi connectivity index (χ2n) is 7.10. The van der Waals surface area contributed by atoms with Gasteiger partial charge in [-0.3, -0.25) is 4.79 Å². The van der Waals surface area contributed by atoms with Crippen LogP contribution in [-0.2, 0) is 14.8 Å². The molecule has 1 atom stereocenters. The first-order valence-electron chi connectivity index (χ1n) is 9.69. The van der Waals surface area contributed by atoms with Gasteiger partial charge in [0.2, 0.25) is 15.9 Å². The fourth-order valence-corrected chi connectivity index (χ4v) is 4.52. The van der Waals surface area contributed by atoms with Crippen molar-refractivity contribution in [3.63, 3.8) is 0 Å². The molecule has 3 N–H and O–H groups in total. The number of nitrogens with one attached hydrogen (secondary N) is 2. The van der Waals surface area contributed by atoms with Gasteiger partial charge in [-0.05, 0) is 42.8 Å². The Labute approximate surface area is 195 Å². The summed E-state index contributed by atoms with van der Waals surface area (Å²) in [5, 5.41) is 13.7. The van der Waals surface area contributed by atoms with E-state index in [1.165, 1.54) is 24.4 Å². The van der Waals surface area contributed by atoms with Crippen molar-refractivity contribution in [1.29, 1.82) is 0 Å². The lowest BCUT2D eigenvalue weighted by molar-refractivity contribution is -0.121. The minimum Gasteiger partial charge on any atom is -0.507 e. The van der Waals surface area contributed by atoms with Gasteiger partial charge in [0.25, 0.3) is 0 Å². The Kier molecular flexibility index (Phi) is 7.79. The highest BCUT2D eigenvalue weighted by Gasteiger charge is 2.23. The number of carbonyl (C=O) groups excluding carboxylic acids is 1. The second-order valence-corrected chi connectivity index (χ2v) is 9.73. The molecule has 0 aliphatic heterocycles. The van der Waals surface area contributed by atoms with E-state index >= 15 is 0 Å². The summed E-state index contributed by atoms with van der Waals surface area (Å²) in [7, 11) is -3.85. The number of benzene rings is 3. The van der Waals surface area contributed by atoms with Crippen molar-refractivity contribution >= 4 is 38.1 Å². The van der Waals surface area contributed by atoms with Gasteiger partial charge in [0.15, 0.2) is 0 Å². The number of amides is 1. The first kappa shape index (κ1) is 23.6. The normalized spacial score (nSPS) is 12.6. The molecule has 3 aromatic rings. The van der Waals surface area contributed by atoms with Crippen LogP contribution in [-0.4, -0.2) is 25.6 Å². The monoisotopic (exact) mass is 515 g/mol. The molecule has 0 aliphatic carbocycles. The smallest absolute Gasteiger partial charge is 0.242 e. The third-order valence-corrected chi connectivity index (χ3v) is 6.58. The van der Waals surface area contributed by atoms with Crippen LogP contribution in [0.2, 0.25) is 0 Å². The van der Waals surface area contributed by atoms with Crippen molar-refractivity contribution in [3.05, 3.63) is 94.0 Å². The van der Waals surface area contributed by atoms with Crippen LogP contribution in [0.1, 0.15) is 29.2 Å². The molecule has 0 fully saturated rings. The molecule has 32 heavy (non-hydrogen) atoms. The number of carbonyl (C=O) groups is 1. The molecule has 9 heteroatoms. The number of halogens is 1. The predicted octanol–water partition coefficient (Wildman–Crippen LogP) is 4.02. The maximum atomic E-state index is 12.9. The molecule has 0 unspecified atom stereocenters. The molecule has 0 spiro atoms. The van der Waals surface area contributed by atoms with Crippen molar-refractivity contribution in [3.8, 4) is 5.75 Å². The van der Waals surface area contributed by atoms with E-state index in [1.807, 2.05) is 13.0 Å². The lowest BCUT2D eigenvalue weighted by Crippen LogP contribution is -2.32. The van der Waals surface area contributed by atoms with Gasteiger partial charge in [0, 0.05) is 16.5 Å². The molecule has 0 bridgehead atoms. The Morgan fingerprint density at radius 2 is 1.78 bits per heavy atom. The molecule has 3 rings (SSSR count). The molecular weight excluding hydrogens is 494 g/mol. The maximum Gasteiger partial charge on any atom is 0.242 e. The van der Waals surface area contributed by atoms with E-state index < -0.39 is 22.0 Å². The zero-order valence-corrected chi connectivity index (χ0v) is 19.6. The minimum atomic E-state index is -3.85. The van der Waals surface area contributed by atoms with Crippen LogP contribution in [0, 0.1) is 6.92 Å². The molecular formula is C23H22BrN3O4S. The number of hydrazone groups is 1. The van der Waals surface area contributed by atoms with Crippen LogP contribution in [0.3, 0.4) is 0 Å². The first-order chi connectivity index (χ1) is 15.2. The molecule has 0 heterocycles. The van der Waals surface area contributed by atoms with Gasteiger partial charge < -0.3 is 5.11 Å². The average Bonchev–Trinajstić information content (AvgIpc) is 2.76. The summed E-state index contributed by atoms with van der Waals surface area (Å²) in [4.78, 5) is 12.6. The van der Waals surface area contributed by atoms with Gasteiger partial charge >= 0.3 is 0 Å². The number of hydrogen-bond donors (Lipinski definition) is 3. The largest absolute Gasteiger partial charge is 0.507 e. The van der Waals surface area contributed by atoms with Crippen molar-refractivity contribution < 1.29 is 18.3 Å². The number of aryl methyl sites for hydroxylation is 1. The molecule has 3 aromatic carbocycles. The summed E-state index contributed by atoms with van der Waals surface area (Å²) in [6, 6.07) is 19.3. The fourth-order valence-electron chi connectivity index (χ4n) is 2.92. The van der Waals surface area contributed by atoms with Gasteiger partial charge in [0.1, 0.15) is 5.75 Å². The van der Waals surface area contributed by atoms with Crippen LogP contribution in [0.15, 0.2) is 87.3 Å². The Morgan fingerprint density at radius 1 is 1.09 bits per heavy atom. The Bertz CT molecular complexity index is 1210. The van der Waals surface area contributed by atoms with E-state index in [-0.39, 0.29) is 17.1 Å². The maximum absolute atomic E-state index is 12.9. The number of sulfonamides is 1. The number of nitrogens with zero attached hydrogens (tertiary/aromatic N) is 1. The van der Waals surface area contributed by atoms with E-state index in [4.69, 9.17) is 0 Å². The highest BCUT2D eigenvalue weighted by Crippen LogP contribution is 2.22. The molecule has 0 saturated heterocycles. The van der Waals surface area contributed by atoms with Gasteiger partial charge in [-0.1, -0.05) is 64.0 Å². The van der Waals surface area contributed by atoms with Crippen LogP contribution in [0.4, 0.5) is 0 Å². The summed E-state index contributed by atoms with van der Waals surface area (Å²) in [5.41, 5.74) is 4.38. The van der Waals surface area contributed by atoms with E-state index in [9.17, 15) is 18.3 Å². The molecule has 1 amide bonds. The Morgan fingerprint density at radius 3 is 2.47 bits per heavy atom. The lowest BCUT2D eigenvalue weighted by Gasteiger charge is -2.18. The zero-order valence-electron chi connectivity index (χ0n) is 17.2. The number of phenolic OH excluding ortho intramolecular Hbond substituents is 1. The molecule has 166 valence electrons. The fraction of sp³-hybridized carbons (Fsp3) is 0.130. The Balaban J connectivity index is 1.75. The van der Waals surface area contributed by atoms with Gasteiger partial charge in [-0.2, -0.15) is 5.10 Å². The van der Waals surface area contributed by atoms with Crippen molar-refractivity contribution in [1.82, 2.24) is 10.1 Å². The third kappa shape index (κ3) is 6.49. The van der Waals surface area contributed by atoms with Gasteiger partial charge in [0.05, 0.1) is 17.2 Å². The predicted molar refractivity (Wildman–Crippen MR) is 127 cm³/mol. The third-order valence-electron chi connectivity index (χ3n) is 4.60. The second kappa shape index (κ2) is 10.5. The molecule has 0 aromatic heterocycles. The van der Waals surface area contributed by atoms with Crippen LogP contribution in [0.25, 0.3) is 0 Å². The van der Waals surface area contributed by atoms with Crippen LogP contribution < -0.4 is 10.1 Å². The first-order valence-corrected chi connectivity index (χ1v) is 12.0. The summed E-state index contributed by atoms with van der Waals surface area (Å²) < 4.78 is 29.1. The van der Waals surface area contributed by atoms with E-state index in [1.54, 1.807) is 48.5 Å². The molecule has 0 radical (unpaired) electrons. The summed E-state index contributed by atoms with van der Waals surface area (Å²) >= 11 is 3.30. The SMILES string of the molecule is Cc1ccc(S(=O)(=O)N[C@H](CC(=O)N/N=C\c2cc(Br)ccc2O)c2ccccc2)cc1. The van der Waals surface area contributed by atoms with E-state index in [0.29, 0.717) is 11.1 Å². The standard InChI is InChI=1S/C23H22BrN3O4S/c1-16-7-10-20(11-8-16)32(30,31)27-21(17-5-3-2-4-6-17)14-23(29)26-25-15-18-13-19(24)9-12-22(18)28/h2-13,15,21,27-28H,14H2,1H3,(H,26,29)/b25-15-/t21-/m1/s1. The quantitative estimate of drug-likeness (QED) is 0.311. The average molecular weight is 516 g/mol. The van der Waals surface area contributed by atoms with Crippen LogP contribution in [0.5, 0.6) is 5.75 Å². The van der Waals surface area contributed by atoms with Crippen LogP contribution >= 0.6 is 15.9 Å². The summed E-state index contributed by atoms with van der Waals surface area (Å²) in [6.45, 7) is 1.87. The number of aromatic hydroxyl groups is 1. The number of hydrogen-bond acceptors (Lipinski definition) is 5. The van der Waals surface area contributed by atoms with Gasteiger partial charge in [-0.15, -0.1) is 0 Å². The minimum absolute atomic E-state index is 0.0132. The van der Waals surface area contributed by atoms with E-state index in [2.05, 4.69) is 31.2 Å². The zero-order chi connectivity index (χ0) is 23.1. The number of phenols is 1. The molecule has 0 aliphatic rings. The van der Waals surface area contributed by atoms with Crippen molar-refractivity contribution in [2.75, 3.05) is 0 Å². The van der Waals surface area contributed by atoms with E-state index in [0.717, 1.165) is 10.0 Å². The van der Waals surface area contributed by atoms with Crippen molar-refractivity contribution in [2.24, 2.45) is 5.10 Å². The Hall–Kier alpha value is -3.01. The topological polar surface area (TPSA) is 108 Å². The number of rotatable bonds is 8. The van der Waals surface area contributed by atoms with Crippen molar-refractivity contribution in [2.45, 2.75) is 24.3 Å². The molecule has 7 nitrogen and oxygen atoms in total. The highest BCUT2D eigenvalue weighted by molar-refractivity contribution is 9.10. The highest BCUT2D eigenvalue weighted by atomic mass is 79.9. The van der Waals surface area contributed by atoms with Gasteiger partial charge in [-0.25, -0.2) is 18.6 Å². The summed E-state index contributed by atoms with van der Waals surface area (Å²) in [6.07, 6.45) is 1.14.